The first kappa shape index (κ1) is 18.3. The van der Waals surface area contributed by atoms with Gasteiger partial charge in [0, 0.05) is 17.6 Å². The van der Waals surface area contributed by atoms with Crippen molar-refractivity contribution in [1.29, 1.82) is 0 Å². The van der Waals surface area contributed by atoms with Crippen molar-refractivity contribution in [3.05, 3.63) is 64.7 Å². The van der Waals surface area contributed by atoms with Gasteiger partial charge < -0.3 is 15.4 Å². The smallest absolute Gasteiger partial charge is 0.233 e. The summed E-state index contributed by atoms with van der Waals surface area (Å²) in [5.74, 6) is 0.816. The molecule has 128 valence electrons. The predicted octanol–water partition coefficient (Wildman–Crippen LogP) is 3.36. The molecule has 24 heavy (non-hydrogen) atoms. The SMILES string of the molecule is COc1cccc(CCNC(=O)CNC(C)c2ccc(Cl)cc2)c1. The average molecular weight is 347 g/mol. The molecule has 0 fully saturated rings. The molecule has 4 nitrogen and oxygen atoms in total. The van der Waals surface area contributed by atoms with E-state index in [0.29, 0.717) is 11.6 Å². The number of amides is 1. The van der Waals surface area contributed by atoms with E-state index in [-0.39, 0.29) is 18.5 Å². The molecule has 5 heteroatoms. The Kier molecular flexibility index (Phi) is 7.09. The van der Waals surface area contributed by atoms with Crippen molar-refractivity contribution in [3.63, 3.8) is 0 Å². The van der Waals surface area contributed by atoms with Crippen LogP contribution in [0.4, 0.5) is 0 Å². The Morgan fingerprint density at radius 1 is 1.21 bits per heavy atom. The van der Waals surface area contributed by atoms with E-state index in [4.69, 9.17) is 16.3 Å². The maximum Gasteiger partial charge on any atom is 0.233 e. The molecule has 0 aliphatic carbocycles. The number of carbonyl (C=O) groups excluding carboxylic acids is 1. The molecule has 0 heterocycles. The van der Waals surface area contributed by atoms with Gasteiger partial charge in [0.15, 0.2) is 0 Å². The van der Waals surface area contributed by atoms with E-state index >= 15 is 0 Å². The Morgan fingerprint density at radius 2 is 1.96 bits per heavy atom. The van der Waals surface area contributed by atoms with Gasteiger partial charge in [-0.05, 0) is 48.7 Å². The van der Waals surface area contributed by atoms with Crippen LogP contribution in [0.3, 0.4) is 0 Å². The summed E-state index contributed by atoms with van der Waals surface area (Å²) in [5.41, 5.74) is 2.24. The zero-order chi connectivity index (χ0) is 17.4. The third-order valence-corrected chi connectivity index (χ3v) is 4.06. The second-order valence-corrected chi connectivity index (χ2v) is 6.04. The fraction of sp³-hybridized carbons (Fsp3) is 0.316. The second kappa shape index (κ2) is 9.30. The molecule has 1 atom stereocenters. The van der Waals surface area contributed by atoms with Crippen molar-refractivity contribution in [2.24, 2.45) is 0 Å². The van der Waals surface area contributed by atoms with E-state index in [0.717, 1.165) is 23.3 Å². The molecule has 0 spiro atoms. The maximum atomic E-state index is 11.9. The van der Waals surface area contributed by atoms with Gasteiger partial charge in [-0.3, -0.25) is 4.79 Å². The van der Waals surface area contributed by atoms with Crippen molar-refractivity contribution in [2.45, 2.75) is 19.4 Å². The number of ether oxygens (including phenoxy) is 1. The molecule has 1 amide bonds. The number of hydrogen-bond acceptors (Lipinski definition) is 3. The first-order valence-corrected chi connectivity index (χ1v) is 8.35. The molecule has 0 radical (unpaired) electrons. The summed E-state index contributed by atoms with van der Waals surface area (Å²) in [6.07, 6.45) is 0.773. The molecule has 2 N–H and O–H groups in total. The zero-order valence-corrected chi connectivity index (χ0v) is 14.8. The van der Waals surface area contributed by atoms with Crippen LogP contribution >= 0.6 is 11.6 Å². The van der Waals surface area contributed by atoms with Crippen molar-refractivity contribution < 1.29 is 9.53 Å². The molecule has 2 aromatic carbocycles. The van der Waals surface area contributed by atoms with Crippen LogP contribution in [0.15, 0.2) is 48.5 Å². The first-order chi connectivity index (χ1) is 11.6. The van der Waals surface area contributed by atoms with Crippen LogP contribution in [0.1, 0.15) is 24.1 Å². The molecule has 0 aromatic heterocycles. The van der Waals surface area contributed by atoms with E-state index in [9.17, 15) is 4.79 Å². The van der Waals surface area contributed by atoms with E-state index in [1.165, 1.54) is 0 Å². The predicted molar refractivity (Wildman–Crippen MR) is 97.6 cm³/mol. The lowest BCUT2D eigenvalue weighted by Gasteiger charge is -2.14. The number of halogens is 1. The highest BCUT2D eigenvalue weighted by Crippen LogP contribution is 2.15. The molecule has 1 unspecified atom stereocenters. The largest absolute Gasteiger partial charge is 0.497 e. The Balaban J connectivity index is 1.70. The van der Waals surface area contributed by atoms with Gasteiger partial charge in [-0.15, -0.1) is 0 Å². The summed E-state index contributed by atoms with van der Waals surface area (Å²) in [4.78, 5) is 11.9. The molecule has 0 aliphatic heterocycles. The fourth-order valence-corrected chi connectivity index (χ4v) is 2.48. The van der Waals surface area contributed by atoms with Crippen LogP contribution in [-0.4, -0.2) is 26.1 Å². The zero-order valence-electron chi connectivity index (χ0n) is 14.0. The van der Waals surface area contributed by atoms with Crippen LogP contribution in [0, 0.1) is 0 Å². The molecule has 0 saturated heterocycles. The van der Waals surface area contributed by atoms with Crippen LogP contribution in [-0.2, 0) is 11.2 Å². The van der Waals surface area contributed by atoms with Gasteiger partial charge in [-0.2, -0.15) is 0 Å². The van der Waals surface area contributed by atoms with Gasteiger partial charge in [0.1, 0.15) is 5.75 Å². The van der Waals surface area contributed by atoms with E-state index in [1.54, 1.807) is 7.11 Å². The third kappa shape index (κ3) is 5.87. The molecule has 0 aliphatic rings. The number of nitrogens with one attached hydrogen (secondary N) is 2. The number of carbonyl (C=O) groups is 1. The van der Waals surface area contributed by atoms with Crippen LogP contribution < -0.4 is 15.4 Å². The molecule has 2 aromatic rings. The molecule has 0 bridgehead atoms. The van der Waals surface area contributed by atoms with Crippen molar-refractivity contribution in [2.75, 3.05) is 20.2 Å². The molecular weight excluding hydrogens is 324 g/mol. The summed E-state index contributed by atoms with van der Waals surface area (Å²) in [7, 11) is 1.65. The fourth-order valence-electron chi connectivity index (χ4n) is 2.35. The monoisotopic (exact) mass is 346 g/mol. The van der Waals surface area contributed by atoms with E-state index in [2.05, 4.69) is 10.6 Å². The second-order valence-electron chi connectivity index (χ2n) is 5.61. The van der Waals surface area contributed by atoms with Gasteiger partial charge in [-0.1, -0.05) is 35.9 Å². The lowest BCUT2D eigenvalue weighted by molar-refractivity contribution is -0.120. The molecule has 0 saturated carbocycles. The Bertz CT molecular complexity index is 659. The summed E-state index contributed by atoms with van der Waals surface area (Å²) in [5, 5.41) is 6.84. The maximum absolute atomic E-state index is 11.9. The standard InChI is InChI=1S/C19H23ClN2O2/c1-14(16-6-8-17(20)9-7-16)22-13-19(23)21-11-10-15-4-3-5-18(12-15)24-2/h3-9,12,14,22H,10-11,13H2,1-2H3,(H,21,23). The van der Waals surface area contributed by atoms with Gasteiger partial charge >= 0.3 is 0 Å². The summed E-state index contributed by atoms with van der Waals surface area (Å²) < 4.78 is 5.19. The molecular formula is C19H23ClN2O2. The Morgan fingerprint density at radius 3 is 2.67 bits per heavy atom. The van der Waals surface area contributed by atoms with Gasteiger partial charge in [0.2, 0.25) is 5.91 Å². The Labute approximate surface area is 148 Å². The third-order valence-electron chi connectivity index (χ3n) is 3.81. The minimum absolute atomic E-state index is 0.0151. The van der Waals surface area contributed by atoms with Crippen molar-refractivity contribution in [1.82, 2.24) is 10.6 Å². The lowest BCUT2D eigenvalue weighted by atomic mass is 10.1. The van der Waals surface area contributed by atoms with Crippen LogP contribution in [0.5, 0.6) is 5.75 Å². The topological polar surface area (TPSA) is 50.4 Å². The average Bonchev–Trinajstić information content (AvgIpc) is 2.60. The highest BCUT2D eigenvalue weighted by atomic mass is 35.5. The number of methoxy groups -OCH3 is 1. The first-order valence-electron chi connectivity index (χ1n) is 7.97. The summed E-state index contributed by atoms with van der Waals surface area (Å²) in [6.45, 7) is 2.90. The normalized spacial score (nSPS) is 11.8. The van der Waals surface area contributed by atoms with E-state index in [1.807, 2.05) is 55.5 Å². The number of hydrogen-bond donors (Lipinski definition) is 2. The van der Waals surface area contributed by atoms with Crippen molar-refractivity contribution >= 4 is 17.5 Å². The highest BCUT2D eigenvalue weighted by Gasteiger charge is 2.07. The van der Waals surface area contributed by atoms with Gasteiger partial charge in [0.05, 0.1) is 13.7 Å². The quantitative estimate of drug-likeness (QED) is 0.770. The minimum Gasteiger partial charge on any atom is -0.497 e. The van der Waals surface area contributed by atoms with Crippen LogP contribution in [0.2, 0.25) is 5.02 Å². The van der Waals surface area contributed by atoms with Gasteiger partial charge in [0.25, 0.3) is 0 Å². The van der Waals surface area contributed by atoms with E-state index < -0.39 is 0 Å². The number of benzene rings is 2. The summed E-state index contributed by atoms with van der Waals surface area (Å²) >= 11 is 5.88. The Hall–Kier alpha value is -2.04. The van der Waals surface area contributed by atoms with Crippen LogP contribution in [0.25, 0.3) is 0 Å². The van der Waals surface area contributed by atoms with Gasteiger partial charge in [-0.25, -0.2) is 0 Å². The molecule has 2 rings (SSSR count). The van der Waals surface area contributed by atoms with Crippen molar-refractivity contribution in [3.8, 4) is 5.75 Å². The highest BCUT2D eigenvalue weighted by molar-refractivity contribution is 6.30. The lowest BCUT2D eigenvalue weighted by Crippen LogP contribution is -2.36. The minimum atomic E-state index is -0.0151. The number of rotatable bonds is 8. The summed E-state index contributed by atoms with van der Waals surface area (Å²) in [6, 6.07) is 15.6.